The molecular weight excluding hydrogens is 678 g/mol. The molecule has 4 heterocycles. The highest BCUT2D eigenvalue weighted by atomic mass is 16.2. The first-order chi connectivity index (χ1) is 25.4. The number of hydrogen-bond donors (Lipinski definition) is 4. The fraction of sp³-hybridized carbons (Fsp3) is 0.250. The Morgan fingerprint density at radius 2 is 1.28 bits per heavy atom. The number of fused-ring (bicyclic) bond motifs is 2. The summed E-state index contributed by atoms with van der Waals surface area (Å²) < 4.78 is 6.69. The molecule has 6 aromatic rings. The number of imidazole rings is 2. The van der Waals surface area contributed by atoms with E-state index in [0.29, 0.717) is 63.5 Å². The van der Waals surface area contributed by atoms with E-state index < -0.39 is 23.6 Å². The minimum atomic E-state index is -0.680. The molecular formula is C36H37N13O4. The minimum Gasteiger partial charge on any atom is -0.366 e. The second-order valence-corrected chi connectivity index (χ2v) is 12.2. The number of benzene rings is 2. The molecule has 0 radical (unpaired) electrons. The lowest BCUT2D eigenvalue weighted by atomic mass is 10.1. The van der Waals surface area contributed by atoms with Crippen molar-refractivity contribution < 1.29 is 19.2 Å². The standard InChI is InChI=1S/C36H37N13O4/c1-5-48-28(15-20(3)44-48)33(52)42-35-40-25-18-23(31(38)50)9-10-27(25)46(35)13-7-8-14-47-30-22(11-12-37)17-24(32(39)51)19-26(30)41-36(47)43-34(53)29-16-21(4)45-49(29)6-2/h7-10,15-19H,5-6,11,13-14H2,1-4H3,(H2,38,50)(H2,39,51)(H,40,42,52)(H,41,43,53)/b8-7+. The number of amides is 4. The number of allylic oxidation sites excluding steroid dienone is 2. The monoisotopic (exact) mass is 715 g/mol. The number of carbonyl (C=O) groups excluding carboxylic acids is 4. The van der Waals surface area contributed by atoms with Crippen LogP contribution in [0.25, 0.3) is 22.1 Å². The molecule has 17 nitrogen and oxygen atoms in total. The Morgan fingerprint density at radius 3 is 1.83 bits per heavy atom. The van der Waals surface area contributed by atoms with E-state index in [4.69, 9.17) is 11.5 Å². The topological polar surface area (TPSA) is 239 Å². The van der Waals surface area contributed by atoms with E-state index in [1.54, 1.807) is 68.7 Å². The number of aryl methyl sites for hydroxylation is 4. The summed E-state index contributed by atoms with van der Waals surface area (Å²) in [6.45, 7) is 8.73. The van der Waals surface area contributed by atoms with Crippen molar-refractivity contribution in [1.29, 1.82) is 5.26 Å². The second-order valence-electron chi connectivity index (χ2n) is 12.2. The number of nitriles is 1. The predicted molar refractivity (Wildman–Crippen MR) is 196 cm³/mol. The summed E-state index contributed by atoms with van der Waals surface area (Å²) >= 11 is 0. The molecule has 0 spiro atoms. The van der Waals surface area contributed by atoms with Crippen molar-refractivity contribution in [2.45, 2.75) is 60.3 Å². The predicted octanol–water partition coefficient (Wildman–Crippen LogP) is 3.46. The van der Waals surface area contributed by atoms with E-state index in [-0.39, 0.29) is 42.5 Å². The van der Waals surface area contributed by atoms with E-state index in [1.807, 2.05) is 26.0 Å². The molecule has 0 bridgehead atoms. The third-order valence-electron chi connectivity index (χ3n) is 8.57. The van der Waals surface area contributed by atoms with Gasteiger partial charge in [-0.25, -0.2) is 9.97 Å². The van der Waals surface area contributed by atoms with E-state index in [1.165, 1.54) is 6.07 Å². The Morgan fingerprint density at radius 1 is 0.755 bits per heavy atom. The van der Waals surface area contributed by atoms with Crippen LogP contribution in [-0.2, 0) is 32.6 Å². The van der Waals surface area contributed by atoms with Crippen LogP contribution in [0.2, 0.25) is 0 Å². The normalized spacial score (nSPS) is 11.4. The fourth-order valence-electron chi connectivity index (χ4n) is 6.18. The maximum absolute atomic E-state index is 13.5. The van der Waals surface area contributed by atoms with Gasteiger partial charge in [0.1, 0.15) is 11.4 Å². The number of hydrogen-bond acceptors (Lipinski definition) is 9. The largest absolute Gasteiger partial charge is 0.366 e. The quantitative estimate of drug-likeness (QED) is 0.128. The zero-order valence-corrected chi connectivity index (χ0v) is 29.5. The smallest absolute Gasteiger partial charge is 0.276 e. The van der Waals surface area contributed by atoms with Gasteiger partial charge in [-0.2, -0.15) is 15.5 Å². The van der Waals surface area contributed by atoms with E-state index in [2.05, 4.69) is 36.9 Å². The third-order valence-corrected chi connectivity index (χ3v) is 8.57. The summed E-state index contributed by atoms with van der Waals surface area (Å²) in [5.41, 5.74) is 16.1. The molecule has 6 N–H and O–H groups in total. The zero-order chi connectivity index (χ0) is 38.0. The van der Waals surface area contributed by atoms with Crippen LogP contribution < -0.4 is 22.1 Å². The number of primary amides is 2. The van der Waals surface area contributed by atoms with Crippen molar-refractivity contribution in [3.05, 3.63) is 94.1 Å². The zero-order valence-electron chi connectivity index (χ0n) is 29.5. The summed E-state index contributed by atoms with van der Waals surface area (Å²) in [7, 11) is 0. The van der Waals surface area contributed by atoms with Crippen molar-refractivity contribution in [2.24, 2.45) is 11.5 Å². The lowest BCUT2D eigenvalue weighted by Crippen LogP contribution is -2.20. The molecule has 6 rings (SSSR count). The molecule has 4 aromatic heterocycles. The highest BCUT2D eigenvalue weighted by molar-refractivity contribution is 6.05. The maximum Gasteiger partial charge on any atom is 0.276 e. The molecule has 17 heteroatoms. The van der Waals surface area contributed by atoms with Gasteiger partial charge in [0.15, 0.2) is 0 Å². The Labute approximate surface area is 302 Å². The van der Waals surface area contributed by atoms with Crippen LogP contribution in [0.3, 0.4) is 0 Å². The van der Waals surface area contributed by atoms with Crippen molar-refractivity contribution in [3.63, 3.8) is 0 Å². The van der Waals surface area contributed by atoms with Gasteiger partial charge in [0.25, 0.3) is 11.8 Å². The van der Waals surface area contributed by atoms with Gasteiger partial charge in [-0.1, -0.05) is 12.2 Å². The summed E-state index contributed by atoms with van der Waals surface area (Å²) in [5.74, 6) is -1.73. The van der Waals surface area contributed by atoms with Gasteiger partial charge < -0.3 is 20.6 Å². The minimum absolute atomic E-state index is 0.0456. The van der Waals surface area contributed by atoms with E-state index in [9.17, 15) is 24.4 Å². The van der Waals surface area contributed by atoms with Gasteiger partial charge in [0.05, 0.1) is 45.9 Å². The number of rotatable bonds is 13. The maximum atomic E-state index is 13.5. The lowest BCUT2D eigenvalue weighted by molar-refractivity contribution is 0.0992. The number of carbonyl (C=O) groups is 4. The van der Waals surface area contributed by atoms with Gasteiger partial charge in [-0.05, 0) is 75.7 Å². The first-order valence-corrected chi connectivity index (χ1v) is 16.8. The van der Waals surface area contributed by atoms with Crippen LogP contribution in [0.5, 0.6) is 0 Å². The first kappa shape index (κ1) is 35.7. The molecule has 4 amide bonds. The molecule has 0 aliphatic rings. The molecule has 2 aromatic carbocycles. The van der Waals surface area contributed by atoms with Crippen LogP contribution >= 0.6 is 0 Å². The number of aromatic nitrogens is 8. The number of anilines is 2. The molecule has 0 aliphatic heterocycles. The van der Waals surface area contributed by atoms with Crippen molar-refractivity contribution in [3.8, 4) is 6.07 Å². The van der Waals surface area contributed by atoms with Crippen molar-refractivity contribution in [2.75, 3.05) is 10.6 Å². The van der Waals surface area contributed by atoms with E-state index >= 15 is 0 Å². The molecule has 0 unspecified atom stereocenters. The number of nitrogens with one attached hydrogen (secondary N) is 2. The third kappa shape index (κ3) is 7.10. The summed E-state index contributed by atoms with van der Waals surface area (Å²) in [4.78, 5) is 60.3. The molecule has 0 atom stereocenters. The Hall–Kier alpha value is -7.09. The van der Waals surface area contributed by atoms with Gasteiger partial charge in [-0.3, -0.25) is 39.2 Å². The Balaban J connectivity index is 1.37. The van der Waals surface area contributed by atoms with Crippen LogP contribution in [0, 0.1) is 25.2 Å². The molecule has 0 fully saturated rings. The van der Waals surface area contributed by atoms with Crippen LogP contribution in [0.1, 0.15) is 72.5 Å². The van der Waals surface area contributed by atoms with Gasteiger partial charge in [0.2, 0.25) is 23.7 Å². The van der Waals surface area contributed by atoms with Gasteiger partial charge in [0, 0.05) is 37.3 Å². The van der Waals surface area contributed by atoms with Gasteiger partial charge >= 0.3 is 0 Å². The molecule has 53 heavy (non-hydrogen) atoms. The summed E-state index contributed by atoms with van der Waals surface area (Å²) in [6.07, 6.45) is 3.63. The first-order valence-electron chi connectivity index (χ1n) is 16.8. The molecule has 0 saturated carbocycles. The second kappa shape index (κ2) is 14.6. The number of nitrogens with zero attached hydrogens (tertiary/aromatic N) is 9. The average Bonchev–Trinajstić information content (AvgIpc) is 3.88. The SMILES string of the molecule is CCn1nc(C)cc1C(=O)Nc1nc2cc(C(N)=O)ccc2n1C/C=C/Cn1c(NC(=O)c2cc(C)nn2CC)nc2cc(C(N)=O)cc(CC#N)c21. The van der Waals surface area contributed by atoms with Gasteiger partial charge in [-0.15, -0.1) is 0 Å². The molecule has 0 saturated heterocycles. The number of nitrogens with two attached hydrogens (primary N) is 2. The Bertz CT molecular complexity index is 2510. The van der Waals surface area contributed by atoms with Crippen LogP contribution in [0.15, 0.2) is 54.6 Å². The highest BCUT2D eigenvalue weighted by Crippen LogP contribution is 2.27. The Kier molecular flexibility index (Phi) is 9.87. The molecule has 0 aliphatic carbocycles. The van der Waals surface area contributed by atoms with Crippen LogP contribution in [-0.4, -0.2) is 62.3 Å². The average molecular weight is 716 g/mol. The van der Waals surface area contributed by atoms with Crippen molar-refractivity contribution in [1.82, 2.24) is 38.7 Å². The van der Waals surface area contributed by atoms with Crippen LogP contribution in [0.4, 0.5) is 11.9 Å². The summed E-state index contributed by atoms with van der Waals surface area (Å²) in [5, 5.41) is 24.2. The highest BCUT2D eigenvalue weighted by Gasteiger charge is 2.22. The van der Waals surface area contributed by atoms with Crippen molar-refractivity contribution >= 4 is 57.6 Å². The van der Waals surface area contributed by atoms with E-state index in [0.717, 1.165) is 0 Å². The lowest BCUT2D eigenvalue weighted by Gasteiger charge is -2.11. The summed E-state index contributed by atoms with van der Waals surface area (Å²) in [6, 6.07) is 13.4. The fourth-order valence-corrected chi connectivity index (χ4v) is 6.18. The molecule has 270 valence electrons.